The lowest BCUT2D eigenvalue weighted by molar-refractivity contribution is 0.0963. The molecule has 7 heteroatoms. The maximum atomic E-state index is 12.7. The lowest BCUT2D eigenvalue weighted by Gasteiger charge is -2.18. The zero-order valence-corrected chi connectivity index (χ0v) is 13.1. The first-order valence-electron chi connectivity index (χ1n) is 6.99. The molecule has 1 heterocycles. The van der Waals surface area contributed by atoms with Crippen LogP contribution >= 0.6 is 0 Å². The molecule has 21 heavy (non-hydrogen) atoms. The number of nitrogens with zero attached hydrogens (tertiary/aromatic N) is 1. The van der Waals surface area contributed by atoms with Gasteiger partial charge in [-0.1, -0.05) is 0 Å². The van der Waals surface area contributed by atoms with E-state index >= 15 is 0 Å². The number of hydrogen-bond acceptors (Lipinski definition) is 4. The molecule has 1 amide bonds. The van der Waals surface area contributed by atoms with Crippen LogP contribution in [0.5, 0.6) is 5.75 Å². The maximum Gasteiger partial charge on any atom is 0.251 e. The molecule has 0 saturated carbocycles. The van der Waals surface area contributed by atoms with Crippen molar-refractivity contribution < 1.29 is 17.9 Å². The first-order chi connectivity index (χ1) is 10.0. The zero-order valence-electron chi connectivity index (χ0n) is 12.3. The molecule has 1 N–H and O–H groups in total. The van der Waals surface area contributed by atoms with E-state index in [9.17, 15) is 13.2 Å². The molecule has 6 nitrogen and oxygen atoms in total. The van der Waals surface area contributed by atoms with Crippen molar-refractivity contribution in [2.45, 2.75) is 24.7 Å². The second-order valence-electron chi connectivity index (χ2n) is 4.78. The first kappa shape index (κ1) is 15.8. The summed E-state index contributed by atoms with van der Waals surface area (Å²) in [4.78, 5) is 11.8. The minimum atomic E-state index is -3.63. The van der Waals surface area contributed by atoms with Gasteiger partial charge in [-0.05, 0) is 38.0 Å². The van der Waals surface area contributed by atoms with Crippen LogP contribution in [0.1, 0.15) is 30.1 Å². The van der Waals surface area contributed by atoms with E-state index in [2.05, 4.69) is 5.32 Å². The Kier molecular flexibility index (Phi) is 4.84. The minimum Gasteiger partial charge on any atom is -0.492 e. The third kappa shape index (κ3) is 3.19. The van der Waals surface area contributed by atoms with Gasteiger partial charge in [-0.2, -0.15) is 4.31 Å². The summed E-state index contributed by atoms with van der Waals surface area (Å²) in [6.07, 6.45) is 1.72. The number of amides is 1. The lowest BCUT2D eigenvalue weighted by atomic mass is 10.2. The Balaban J connectivity index is 2.49. The molecule has 1 fully saturated rings. The van der Waals surface area contributed by atoms with Gasteiger partial charge in [0.25, 0.3) is 5.91 Å². The van der Waals surface area contributed by atoms with Crippen LogP contribution in [0.2, 0.25) is 0 Å². The summed E-state index contributed by atoms with van der Waals surface area (Å²) < 4.78 is 32.3. The molecule has 1 aliphatic rings. The molecule has 0 bridgehead atoms. The second kappa shape index (κ2) is 6.44. The van der Waals surface area contributed by atoms with Gasteiger partial charge in [0.1, 0.15) is 10.6 Å². The fraction of sp³-hybridized carbons (Fsp3) is 0.500. The molecule has 0 radical (unpaired) electrons. The topological polar surface area (TPSA) is 75.7 Å². The standard InChI is InChI=1S/C14H20N2O4S/c1-3-20-12-7-6-11(14(17)15-2)10-13(12)21(18,19)16-8-4-5-9-16/h6-7,10H,3-5,8-9H2,1-2H3,(H,15,17). The van der Waals surface area contributed by atoms with E-state index in [1.54, 1.807) is 13.0 Å². The van der Waals surface area contributed by atoms with Gasteiger partial charge in [0.15, 0.2) is 0 Å². The first-order valence-corrected chi connectivity index (χ1v) is 8.43. The van der Waals surface area contributed by atoms with Crippen molar-refractivity contribution in [2.75, 3.05) is 26.7 Å². The largest absolute Gasteiger partial charge is 0.492 e. The van der Waals surface area contributed by atoms with Crippen molar-refractivity contribution in [3.63, 3.8) is 0 Å². The van der Waals surface area contributed by atoms with Gasteiger partial charge in [-0.25, -0.2) is 8.42 Å². The summed E-state index contributed by atoms with van der Waals surface area (Å²) in [6, 6.07) is 4.49. The van der Waals surface area contributed by atoms with Crippen LogP contribution in [0, 0.1) is 0 Å². The monoisotopic (exact) mass is 312 g/mol. The minimum absolute atomic E-state index is 0.0624. The van der Waals surface area contributed by atoms with Gasteiger partial charge in [0, 0.05) is 25.7 Å². The Labute approximate surface area is 125 Å². The molecule has 0 aromatic heterocycles. The number of sulfonamides is 1. The van der Waals surface area contributed by atoms with Crippen molar-refractivity contribution in [3.05, 3.63) is 23.8 Å². The highest BCUT2D eigenvalue weighted by Crippen LogP contribution is 2.30. The van der Waals surface area contributed by atoms with Crippen LogP contribution in [-0.4, -0.2) is 45.4 Å². The Morgan fingerprint density at radius 1 is 1.33 bits per heavy atom. The van der Waals surface area contributed by atoms with Gasteiger partial charge >= 0.3 is 0 Å². The number of nitrogens with one attached hydrogen (secondary N) is 1. The number of benzene rings is 1. The molecule has 0 aliphatic carbocycles. The lowest BCUT2D eigenvalue weighted by Crippen LogP contribution is -2.29. The smallest absolute Gasteiger partial charge is 0.251 e. The van der Waals surface area contributed by atoms with Crippen LogP contribution < -0.4 is 10.1 Å². The summed E-state index contributed by atoms with van der Waals surface area (Å²) in [6.45, 7) is 3.18. The number of rotatable bonds is 5. The molecule has 0 spiro atoms. The molecule has 1 aromatic rings. The van der Waals surface area contributed by atoms with Crippen molar-refractivity contribution in [2.24, 2.45) is 0 Å². The van der Waals surface area contributed by atoms with E-state index in [4.69, 9.17) is 4.74 Å². The fourth-order valence-electron chi connectivity index (χ4n) is 2.34. The number of carbonyl (C=O) groups excluding carboxylic acids is 1. The van der Waals surface area contributed by atoms with E-state index in [1.165, 1.54) is 23.5 Å². The molecule has 2 rings (SSSR count). The highest BCUT2D eigenvalue weighted by Gasteiger charge is 2.30. The van der Waals surface area contributed by atoms with Gasteiger partial charge in [0.05, 0.1) is 6.61 Å². The predicted molar refractivity (Wildman–Crippen MR) is 79.0 cm³/mol. The average molecular weight is 312 g/mol. The van der Waals surface area contributed by atoms with E-state index in [0.717, 1.165) is 12.8 Å². The Hall–Kier alpha value is -1.60. The molecule has 0 atom stereocenters. The van der Waals surface area contributed by atoms with E-state index in [-0.39, 0.29) is 16.6 Å². The van der Waals surface area contributed by atoms with Crippen LogP contribution in [-0.2, 0) is 10.0 Å². The molecular formula is C14H20N2O4S. The molecule has 1 saturated heterocycles. The summed E-state index contributed by atoms with van der Waals surface area (Å²) in [5, 5.41) is 2.49. The maximum absolute atomic E-state index is 12.7. The Morgan fingerprint density at radius 2 is 2.00 bits per heavy atom. The molecule has 0 unspecified atom stereocenters. The van der Waals surface area contributed by atoms with E-state index in [1.807, 2.05) is 0 Å². The highest BCUT2D eigenvalue weighted by atomic mass is 32.2. The summed E-state index contributed by atoms with van der Waals surface area (Å²) in [5.74, 6) is -0.0343. The summed E-state index contributed by atoms with van der Waals surface area (Å²) in [5.41, 5.74) is 0.304. The zero-order chi connectivity index (χ0) is 15.5. The van der Waals surface area contributed by atoms with Gasteiger partial charge in [-0.3, -0.25) is 4.79 Å². The predicted octanol–water partition coefficient (Wildman–Crippen LogP) is 1.23. The third-order valence-electron chi connectivity index (χ3n) is 3.42. The number of hydrogen-bond donors (Lipinski definition) is 1. The summed E-state index contributed by atoms with van der Waals surface area (Å²) in [7, 11) is -2.12. The fourth-order valence-corrected chi connectivity index (χ4v) is 4.01. The third-order valence-corrected chi connectivity index (χ3v) is 5.34. The Bertz CT molecular complexity index is 622. The van der Waals surface area contributed by atoms with E-state index in [0.29, 0.717) is 25.3 Å². The van der Waals surface area contributed by atoms with Crippen molar-refractivity contribution >= 4 is 15.9 Å². The Morgan fingerprint density at radius 3 is 2.57 bits per heavy atom. The number of carbonyl (C=O) groups is 1. The van der Waals surface area contributed by atoms with Crippen molar-refractivity contribution in [3.8, 4) is 5.75 Å². The second-order valence-corrected chi connectivity index (χ2v) is 6.69. The summed E-state index contributed by atoms with van der Waals surface area (Å²) >= 11 is 0. The van der Waals surface area contributed by atoms with Crippen LogP contribution in [0.25, 0.3) is 0 Å². The molecule has 116 valence electrons. The van der Waals surface area contributed by atoms with Gasteiger partial charge < -0.3 is 10.1 Å². The van der Waals surface area contributed by atoms with Gasteiger partial charge in [-0.15, -0.1) is 0 Å². The number of ether oxygens (including phenoxy) is 1. The SMILES string of the molecule is CCOc1ccc(C(=O)NC)cc1S(=O)(=O)N1CCCC1. The van der Waals surface area contributed by atoms with Crippen molar-refractivity contribution in [1.82, 2.24) is 9.62 Å². The van der Waals surface area contributed by atoms with Crippen molar-refractivity contribution in [1.29, 1.82) is 0 Å². The van der Waals surface area contributed by atoms with Crippen LogP contribution in [0.15, 0.2) is 23.1 Å². The normalized spacial score (nSPS) is 15.9. The molecule has 1 aromatic carbocycles. The highest BCUT2D eigenvalue weighted by molar-refractivity contribution is 7.89. The van der Waals surface area contributed by atoms with E-state index < -0.39 is 10.0 Å². The molecular weight excluding hydrogens is 292 g/mol. The van der Waals surface area contributed by atoms with Gasteiger partial charge in [0.2, 0.25) is 10.0 Å². The van der Waals surface area contributed by atoms with Crippen LogP contribution in [0.4, 0.5) is 0 Å². The average Bonchev–Trinajstić information content (AvgIpc) is 3.02. The molecule has 1 aliphatic heterocycles. The van der Waals surface area contributed by atoms with Crippen LogP contribution in [0.3, 0.4) is 0 Å². The quantitative estimate of drug-likeness (QED) is 0.887.